The number of rotatable bonds is 0. The fraction of sp³-hybridized carbons (Fsp3) is 0.333. The summed E-state index contributed by atoms with van der Waals surface area (Å²) >= 11 is 3.48. The zero-order valence-electron chi connectivity index (χ0n) is 8.35. The highest BCUT2D eigenvalue weighted by atomic mass is 79.9. The predicted molar refractivity (Wildman–Crippen MR) is 63.7 cm³/mol. The van der Waals surface area contributed by atoms with Crippen LogP contribution >= 0.6 is 15.9 Å². The van der Waals surface area contributed by atoms with Crippen molar-refractivity contribution < 1.29 is 4.74 Å². The van der Waals surface area contributed by atoms with Crippen molar-refractivity contribution in [1.82, 2.24) is 0 Å². The van der Waals surface area contributed by atoms with Crippen LogP contribution in [0, 0.1) is 0 Å². The van der Waals surface area contributed by atoms with Crippen LogP contribution in [0.2, 0.25) is 0 Å². The lowest BCUT2D eigenvalue weighted by Crippen LogP contribution is -2.19. The molecule has 2 heterocycles. The molecule has 3 heteroatoms. The Balaban J connectivity index is 1.99. The van der Waals surface area contributed by atoms with Crippen molar-refractivity contribution >= 4 is 21.6 Å². The second-order valence-corrected chi connectivity index (χ2v) is 4.90. The summed E-state index contributed by atoms with van der Waals surface area (Å²) in [5, 5.41) is 3.37. The third-order valence-electron chi connectivity index (χ3n) is 2.91. The van der Waals surface area contributed by atoms with Gasteiger partial charge >= 0.3 is 0 Å². The second kappa shape index (κ2) is 3.56. The van der Waals surface area contributed by atoms with Gasteiger partial charge < -0.3 is 10.1 Å². The van der Waals surface area contributed by atoms with E-state index in [0.29, 0.717) is 0 Å². The average molecular weight is 266 g/mol. The summed E-state index contributed by atoms with van der Waals surface area (Å²) in [7, 11) is 0. The predicted octanol–water partition coefficient (Wildman–Crippen LogP) is 3.44. The van der Waals surface area contributed by atoms with E-state index in [1.54, 1.807) is 0 Å². The Morgan fingerprint density at radius 3 is 3.20 bits per heavy atom. The molecule has 2 aliphatic rings. The van der Waals surface area contributed by atoms with Crippen molar-refractivity contribution in [3.05, 3.63) is 39.7 Å². The average Bonchev–Trinajstić information content (AvgIpc) is 2.26. The quantitative estimate of drug-likeness (QED) is 0.776. The molecule has 1 N–H and O–H groups in total. The first-order chi connectivity index (χ1) is 7.33. The van der Waals surface area contributed by atoms with Crippen LogP contribution in [0.15, 0.2) is 34.1 Å². The van der Waals surface area contributed by atoms with Gasteiger partial charge in [-0.3, -0.25) is 0 Å². The molecule has 0 unspecified atom stereocenters. The molecule has 0 bridgehead atoms. The Hall–Kier alpha value is -0.960. The second-order valence-electron chi connectivity index (χ2n) is 3.99. The fourth-order valence-corrected chi connectivity index (χ4v) is 2.50. The molecule has 0 aromatic heterocycles. The Bertz CT molecular complexity index is 439. The highest BCUT2D eigenvalue weighted by Gasteiger charge is 2.21. The largest absolute Gasteiger partial charge is 0.479 e. The Morgan fingerprint density at radius 2 is 2.27 bits per heavy atom. The number of benzene rings is 1. The van der Waals surface area contributed by atoms with E-state index in [0.717, 1.165) is 36.2 Å². The normalized spacial score (nSPS) is 18.7. The third-order valence-corrected chi connectivity index (χ3v) is 3.41. The summed E-state index contributed by atoms with van der Waals surface area (Å²) in [6.07, 6.45) is 3.34. The summed E-state index contributed by atoms with van der Waals surface area (Å²) in [4.78, 5) is 0. The van der Waals surface area contributed by atoms with Crippen LogP contribution in [0.5, 0.6) is 0 Å². The first-order valence-corrected chi connectivity index (χ1v) is 6.02. The van der Waals surface area contributed by atoms with Gasteiger partial charge in [-0.2, -0.15) is 0 Å². The van der Waals surface area contributed by atoms with Gasteiger partial charge in [0.15, 0.2) is 5.88 Å². The Kier molecular flexibility index (Phi) is 2.20. The first kappa shape index (κ1) is 9.28. The van der Waals surface area contributed by atoms with Crippen molar-refractivity contribution in [2.45, 2.75) is 19.3 Å². The lowest BCUT2D eigenvalue weighted by atomic mass is 9.96. The van der Waals surface area contributed by atoms with Crippen LogP contribution in [0.25, 0.3) is 0 Å². The van der Waals surface area contributed by atoms with E-state index in [2.05, 4.69) is 39.4 Å². The molecule has 0 amide bonds. The van der Waals surface area contributed by atoms with Gasteiger partial charge in [0.25, 0.3) is 0 Å². The molecule has 0 atom stereocenters. The Labute approximate surface area is 97.5 Å². The number of hydrogen-bond donors (Lipinski definition) is 1. The maximum Gasteiger partial charge on any atom is 0.190 e. The van der Waals surface area contributed by atoms with E-state index < -0.39 is 0 Å². The van der Waals surface area contributed by atoms with Crippen LogP contribution in [0.1, 0.15) is 18.4 Å². The van der Waals surface area contributed by atoms with Gasteiger partial charge in [-0.25, -0.2) is 0 Å². The van der Waals surface area contributed by atoms with Gasteiger partial charge in [-0.15, -0.1) is 0 Å². The van der Waals surface area contributed by atoms with Gasteiger partial charge in [0, 0.05) is 16.6 Å². The smallest absolute Gasteiger partial charge is 0.190 e. The molecular weight excluding hydrogens is 254 g/mol. The van der Waals surface area contributed by atoms with Gasteiger partial charge in [-0.05, 0) is 36.1 Å². The highest BCUT2D eigenvalue weighted by molar-refractivity contribution is 9.10. The van der Waals surface area contributed by atoms with Crippen LogP contribution in [-0.4, -0.2) is 6.61 Å². The summed E-state index contributed by atoms with van der Waals surface area (Å²) in [5.74, 6) is 0.992. The van der Waals surface area contributed by atoms with Crippen molar-refractivity contribution in [3.63, 3.8) is 0 Å². The third kappa shape index (κ3) is 1.65. The van der Waals surface area contributed by atoms with Crippen molar-refractivity contribution in [2.75, 3.05) is 11.9 Å². The first-order valence-electron chi connectivity index (χ1n) is 5.23. The van der Waals surface area contributed by atoms with E-state index in [1.807, 2.05) is 0 Å². The van der Waals surface area contributed by atoms with E-state index in [-0.39, 0.29) is 0 Å². The molecule has 0 radical (unpaired) electrons. The molecule has 15 heavy (non-hydrogen) atoms. The lowest BCUT2D eigenvalue weighted by Gasteiger charge is -2.28. The number of halogens is 1. The summed E-state index contributed by atoms with van der Waals surface area (Å²) in [6.45, 7) is 0.842. The molecule has 2 aliphatic heterocycles. The lowest BCUT2D eigenvalue weighted by molar-refractivity contribution is 0.190. The molecule has 0 saturated heterocycles. The van der Waals surface area contributed by atoms with Gasteiger partial charge in [-0.1, -0.05) is 22.0 Å². The van der Waals surface area contributed by atoms with Gasteiger partial charge in [0.1, 0.15) is 0 Å². The molecule has 78 valence electrons. The van der Waals surface area contributed by atoms with E-state index in [4.69, 9.17) is 4.74 Å². The van der Waals surface area contributed by atoms with E-state index >= 15 is 0 Å². The SMILES string of the molecule is Brc1ccc2c(c1)NC1=C(CCCO1)C2. The molecule has 0 fully saturated rings. The van der Waals surface area contributed by atoms with E-state index in [1.165, 1.54) is 16.8 Å². The summed E-state index contributed by atoms with van der Waals surface area (Å²) in [6, 6.07) is 6.37. The minimum atomic E-state index is 0.842. The molecule has 0 saturated carbocycles. The van der Waals surface area contributed by atoms with Gasteiger partial charge in [0.2, 0.25) is 0 Å². The zero-order valence-corrected chi connectivity index (χ0v) is 9.93. The molecule has 1 aromatic rings. The minimum absolute atomic E-state index is 0.842. The fourth-order valence-electron chi connectivity index (χ4n) is 2.14. The van der Waals surface area contributed by atoms with Gasteiger partial charge in [0.05, 0.1) is 6.61 Å². The van der Waals surface area contributed by atoms with Crippen LogP contribution < -0.4 is 5.32 Å². The minimum Gasteiger partial charge on any atom is -0.479 e. The topological polar surface area (TPSA) is 21.3 Å². The van der Waals surface area contributed by atoms with Crippen molar-refractivity contribution in [3.8, 4) is 0 Å². The molecule has 1 aromatic carbocycles. The number of fused-ring (bicyclic) bond motifs is 1. The number of allylic oxidation sites excluding steroid dienone is 1. The number of anilines is 1. The molecule has 0 spiro atoms. The molecule has 0 aliphatic carbocycles. The summed E-state index contributed by atoms with van der Waals surface area (Å²) < 4.78 is 6.74. The van der Waals surface area contributed by atoms with Crippen molar-refractivity contribution in [2.24, 2.45) is 0 Å². The number of nitrogens with one attached hydrogen (secondary N) is 1. The van der Waals surface area contributed by atoms with Crippen molar-refractivity contribution in [1.29, 1.82) is 0 Å². The van der Waals surface area contributed by atoms with Crippen LogP contribution in [-0.2, 0) is 11.2 Å². The molecular formula is C12H12BrNO. The maximum atomic E-state index is 5.63. The van der Waals surface area contributed by atoms with Crippen LogP contribution in [0.4, 0.5) is 5.69 Å². The standard InChI is InChI=1S/C12H12BrNO/c13-10-4-3-8-6-9-2-1-5-15-12(9)14-11(8)7-10/h3-4,7,14H,1-2,5-6H2. The monoisotopic (exact) mass is 265 g/mol. The zero-order chi connectivity index (χ0) is 10.3. The summed E-state index contributed by atoms with van der Waals surface area (Å²) in [5.41, 5.74) is 3.95. The highest BCUT2D eigenvalue weighted by Crippen LogP contribution is 2.33. The Morgan fingerprint density at radius 1 is 1.33 bits per heavy atom. The van der Waals surface area contributed by atoms with Crippen LogP contribution in [0.3, 0.4) is 0 Å². The molecule has 3 rings (SSSR count). The number of hydrogen-bond acceptors (Lipinski definition) is 2. The number of ether oxygens (including phenoxy) is 1. The maximum absolute atomic E-state index is 5.63. The van der Waals surface area contributed by atoms with E-state index in [9.17, 15) is 0 Å². The molecule has 2 nitrogen and oxygen atoms in total.